The minimum absolute atomic E-state index is 0.0405. The Morgan fingerprint density at radius 1 is 1.16 bits per heavy atom. The quantitative estimate of drug-likeness (QED) is 0.723. The number of halogens is 4. The number of carbonyl (C=O) groups excluding carboxylic acids is 1. The zero-order valence-corrected chi connectivity index (χ0v) is 13.3. The first-order valence-electron chi connectivity index (χ1n) is 5.19. The molecule has 0 saturated heterocycles. The van der Waals surface area contributed by atoms with Gasteiger partial charge in [-0.1, -0.05) is 27.5 Å². The van der Waals surface area contributed by atoms with Crippen LogP contribution in [0.5, 0.6) is 0 Å². The Hall–Kier alpha value is -0.910. The molecule has 0 radical (unpaired) electrons. The van der Waals surface area contributed by atoms with Gasteiger partial charge in [0.15, 0.2) is 0 Å². The SMILES string of the molecule is O=C(Nc1cc(Cl)ccc1Br)c1cc(Br)ccc1F. The van der Waals surface area contributed by atoms with Gasteiger partial charge in [-0.25, -0.2) is 4.39 Å². The fourth-order valence-electron chi connectivity index (χ4n) is 1.45. The molecule has 98 valence electrons. The number of hydrogen-bond acceptors (Lipinski definition) is 1. The lowest BCUT2D eigenvalue weighted by molar-refractivity contribution is 0.102. The van der Waals surface area contributed by atoms with E-state index >= 15 is 0 Å². The lowest BCUT2D eigenvalue weighted by Crippen LogP contribution is -2.14. The molecule has 0 saturated carbocycles. The van der Waals surface area contributed by atoms with Crippen molar-refractivity contribution in [1.29, 1.82) is 0 Å². The molecule has 0 aliphatic rings. The number of hydrogen-bond donors (Lipinski definition) is 1. The molecular formula is C13H7Br2ClFNO. The molecule has 0 unspecified atom stereocenters. The smallest absolute Gasteiger partial charge is 0.258 e. The highest BCUT2D eigenvalue weighted by Crippen LogP contribution is 2.27. The van der Waals surface area contributed by atoms with Crippen molar-refractivity contribution >= 4 is 55.1 Å². The van der Waals surface area contributed by atoms with Crippen LogP contribution < -0.4 is 5.32 Å². The maximum Gasteiger partial charge on any atom is 0.258 e. The molecule has 0 fully saturated rings. The van der Waals surface area contributed by atoms with Gasteiger partial charge >= 0.3 is 0 Å². The van der Waals surface area contributed by atoms with Gasteiger partial charge < -0.3 is 5.32 Å². The Kier molecular flexibility index (Phi) is 4.60. The summed E-state index contributed by atoms with van der Waals surface area (Å²) in [4.78, 5) is 12.0. The molecule has 19 heavy (non-hydrogen) atoms. The van der Waals surface area contributed by atoms with Crippen LogP contribution in [0, 0.1) is 5.82 Å². The highest BCUT2D eigenvalue weighted by Gasteiger charge is 2.13. The average molecular weight is 407 g/mol. The number of amides is 1. The highest BCUT2D eigenvalue weighted by molar-refractivity contribution is 9.10. The second-order valence-corrected chi connectivity index (χ2v) is 5.91. The Balaban J connectivity index is 2.30. The summed E-state index contributed by atoms with van der Waals surface area (Å²) in [5.41, 5.74) is 0.443. The number of nitrogens with one attached hydrogen (secondary N) is 1. The molecule has 1 amide bonds. The van der Waals surface area contributed by atoms with Crippen molar-refractivity contribution in [2.24, 2.45) is 0 Å². The van der Waals surface area contributed by atoms with E-state index in [1.165, 1.54) is 18.2 Å². The van der Waals surface area contributed by atoms with E-state index in [2.05, 4.69) is 37.2 Å². The number of carbonyl (C=O) groups is 1. The molecule has 0 bridgehead atoms. The van der Waals surface area contributed by atoms with E-state index in [-0.39, 0.29) is 5.56 Å². The molecule has 0 aliphatic heterocycles. The summed E-state index contributed by atoms with van der Waals surface area (Å²) >= 11 is 12.3. The van der Waals surface area contributed by atoms with E-state index in [1.54, 1.807) is 18.2 Å². The van der Waals surface area contributed by atoms with Crippen LogP contribution in [-0.2, 0) is 0 Å². The zero-order chi connectivity index (χ0) is 14.0. The first-order chi connectivity index (χ1) is 8.97. The summed E-state index contributed by atoms with van der Waals surface area (Å²) in [6.07, 6.45) is 0. The molecule has 2 nitrogen and oxygen atoms in total. The van der Waals surface area contributed by atoms with Crippen molar-refractivity contribution < 1.29 is 9.18 Å². The van der Waals surface area contributed by atoms with Crippen molar-refractivity contribution in [2.45, 2.75) is 0 Å². The van der Waals surface area contributed by atoms with Gasteiger partial charge in [0, 0.05) is 14.0 Å². The van der Waals surface area contributed by atoms with Crippen LogP contribution in [-0.4, -0.2) is 5.91 Å². The third-order valence-corrected chi connectivity index (χ3v) is 3.77. The monoisotopic (exact) mass is 405 g/mol. The van der Waals surface area contributed by atoms with Crippen LogP contribution in [0.3, 0.4) is 0 Å². The second kappa shape index (κ2) is 6.03. The van der Waals surface area contributed by atoms with E-state index in [0.717, 1.165) is 0 Å². The summed E-state index contributed by atoms with van der Waals surface area (Å²) in [7, 11) is 0. The molecule has 2 aromatic carbocycles. The summed E-state index contributed by atoms with van der Waals surface area (Å²) in [6, 6.07) is 9.15. The molecule has 0 spiro atoms. The minimum atomic E-state index is -0.584. The average Bonchev–Trinajstić information content (AvgIpc) is 2.36. The summed E-state index contributed by atoms with van der Waals surface area (Å²) < 4.78 is 14.9. The van der Waals surface area contributed by atoms with Crippen molar-refractivity contribution in [1.82, 2.24) is 0 Å². The topological polar surface area (TPSA) is 29.1 Å². The predicted octanol–water partition coefficient (Wildman–Crippen LogP) is 5.26. The van der Waals surface area contributed by atoms with Gasteiger partial charge in [-0.05, 0) is 52.3 Å². The van der Waals surface area contributed by atoms with Gasteiger partial charge in [-0.2, -0.15) is 0 Å². The largest absolute Gasteiger partial charge is 0.321 e. The van der Waals surface area contributed by atoms with Crippen LogP contribution in [0.1, 0.15) is 10.4 Å². The predicted molar refractivity (Wildman–Crippen MR) is 81.2 cm³/mol. The number of benzene rings is 2. The van der Waals surface area contributed by atoms with Crippen molar-refractivity contribution in [3.05, 3.63) is 61.7 Å². The van der Waals surface area contributed by atoms with Crippen LogP contribution in [0.4, 0.5) is 10.1 Å². The lowest BCUT2D eigenvalue weighted by Gasteiger charge is -2.09. The summed E-state index contributed by atoms with van der Waals surface area (Å²) in [6.45, 7) is 0. The highest BCUT2D eigenvalue weighted by atomic mass is 79.9. The molecule has 2 aromatic rings. The molecule has 0 aromatic heterocycles. The van der Waals surface area contributed by atoms with Crippen molar-refractivity contribution in [2.75, 3.05) is 5.32 Å². The first kappa shape index (κ1) is 14.5. The maximum atomic E-state index is 13.6. The first-order valence-corrected chi connectivity index (χ1v) is 7.15. The van der Waals surface area contributed by atoms with E-state index in [4.69, 9.17) is 11.6 Å². The third-order valence-electron chi connectivity index (χ3n) is 2.35. The van der Waals surface area contributed by atoms with Gasteiger partial charge in [0.05, 0.1) is 11.3 Å². The van der Waals surface area contributed by atoms with Gasteiger partial charge in [-0.3, -0.25) is 4.79 Å². The van der Waals surface area contributed by atoms with Gasteiger partial charge in [0.25, 0.3) is 5.91 Å². The third kappa shape index (κ3) is 3.55. The number of rotatable bonds is 2. The molecule has 1 N–H and O–H groups in total. The second-order valence-electron chi connectivity index (χ2n) is 3.70. The number of anilines is 1. The Labute approximate surface area is 131 Å². The van der Waals surface area contributed by atoms with E-state index in [1.807, 2.05) is 0 Å². The fraction of sp³-hybridized carbons (Fsp3) is 0. The van der Waals surface area contributed by atoms with Crippen molar-refractivity contribution in [3.8, 4) is 0 Å². The minimum Gasteiger partial charge on any atom is -0.321 e. The normalized spacial score (nSPS) is 10.3. The summed E-state index contributed by atoms with van der Waals surface area (Å²) in [5.74, 6) is -1.12. The van der Waals surface area contributed by atoms with Crippen molar-refractivity contribution in [3.63, 3.8) is 0 Å². The van der Waals surface area contributed by atoms with Gasteiger partial charge in [-0.15, -0.1) is 0 Å². The van der Waals surface area contributed by atoms with Gasteiger partial charge in [0.2, 0.25) is 0 Å². The van der Waals surface area contributed by atoms with E-state index in [0.29, 0.717) is 19.7 Å². The molecular weight excluding hydrogens is 400 g/mol. The van der Waals surface area contributed by atoms with Gasteiger partial charge in [0.1, 0.15) is 5.82 Å². The molecule has 6 heteroatoms. The molecule has 0 heterocycles. The molecule has 2 rings (SSSR count). The molecule has 0 atom stereocenters. The fourth-order valence-corrected chi connectivity index (χ4v) is 2.33. The van der Waals surface area contributed by atoms with Crippen LogP contribution in [0.25, 0.3) is 0 Å². The zero-order valence-electron chi connectivity index (χ0n) is 9.38. The maximum absolute atomic E-state index is 13.6. The Morgan fingerprint density at radius 2 is 1.89 bits per heavy atom. The Morgan fingerprint density at radius 3 is 2.63 bits per heavy atom. The van der Waals surface area contributed by atoms with Crippen LogP contribution in [0.15, 0.2) is 45.3 Å². The molecule has 0 aliphatic carbocycles. The van der Waals surface area contributed by atoms with E-state index in [9.17, 15) is 9.18 Å². The lowest BCUT2D eigenvalue weighted by atomic mass is 10.2. The standard InChI is InChI=1S/C13H7Br2ClFNO/c14-7-1-4-11(17)9(5-7)13(19)18-12-6-8(16)2-3-10(12)15/h1-6H,(H,18,19). The van der Waals surface area contributed by atoms with Crippen LogP contribution in [0.2, 0.25) is 5.02 Å². The Bertz CT molecular complexity index is 649. The van der Waals surface area contributed by atoms with Crippen LogP contribution >= 0.6 is 43.5 Å². The van der Waals surface area contributed by atoms with E-state index < -0.39 is 11.7 Å². The summed E-state index contributed by atoms with van der Waals surface area (Å²) in [5, 5.41) is 3.08.